The monoisotopic (exact) mass is 278 g/mol. The second-order valence-corrected chi connectivity index (χ2v) is 5.27. The van der Waals surface area contributed by atoms with E-state index in [4.69, 9.17) is 4.74 Å². The Balaban J connectivity index is 1.65. The molecule has 112 valence electrons. The second-order valence-electron chi connectivity index (χ2n) is 5.27. The largest absolute Gasteiger partial charge is 0.376 e. The van der Waals surface area contributed by atoms with Crippen LogP contribution in [0.15, 0.2) is 12.4 Å². The van der Waals surface area contributed by atoms with Gasteiger partial charge in [-0.1, -0.05) is 26.2 Å². The van der Waals surface area contributed by atoms with Gasteiger partial charge in [0.1, 0.15) is 11.6 Å². The highest BCUT2D eigenvalue weighted by Gasteiger charge is 2.12. The maximum Gasteiger partial charge on any atom is 0.147 e. The molecule has 20 heavy (non-hydrogen) atoms. The van der Waals surface area contributed by atoms with Gasteiger partial charge >= 0.3 is 0 Å². The number of hydrogen-bond acceptors (Lipinski definition) is 5. The molecule has 1 aromatic rings. The van der Waals surface area contributed by atoms with Gasteiger partial charge in [-0.2, -0.15) is 0 Å². The SMILES string of the molecule is CCCNc1cncc(NCCOC2CCCCC2)n1. The first-order valence-corrected chi connectivity index (χ1v) is 7.80. The normalized spacial score (nSPS) is 16.1. The first-order valence-electron chi connectivity index (χ1n) is 7.80. The number of nitrogens with zero attached hydrogens (tertiary/aromatic N) is 2. The average Bonchev–Trinajstić information content (AvgIpc) is 2.51. The molecule has 0 unspecified atom stereocenters. The van der Waals surface area contributed by atoms with Crippen LogP contribution in [0.1, 0.15) is 45.4 Å². The molecule has 0 bridgehead atoms. The summed E-state index contributed by atoms with van der Waals surface area (Å²) in [7, 11) is 0. The van der Waals surface area contributed by atoms with Crippen molar-refractivity contribution in [1.82, 2.24) is 9.97 Å². The lowest BCUT2D eigenvalue weighted by Crippen LogP contribution is -2.20. The summed E-state index contributed by atoms with van der Waals surface area (Å²) in [6, 6.07) is 0. The van der Waals surface area contributed by atoms with E-state index >= 15 is 0 Å². The third kappa shape index (κ3) is 5.33. The topological polar surface area (TPSA) is 59.1 Å². The van der Waals surface area contributed by atoms with Gasteiger partial charge in [0.05, 0.1) is 25.1 Å². The molecule has 1 saturated carbocycles. The van der Waals surface area contributed by atoms with E-state index < -0.39 is 0 Å². The molecule has 1 aromatic heterocycles. The molecule has 5 heteroatoms. The number of hydrogen-bond donors (Lipinski definition) is 2. The highest BCUT2D eigenvalue weighted by Crippen LogP contribution is 2.20. The molecule has 1 aliphatic carbocycles. The maximum absolute atomic E-state index is 5.87. The Morgan fingerprint density at radius 3 is 2.50 bits per heavy atom. The molecule has 0 atom stereocenters. The highest BCUT2D eigenvalue weighted by molar-refractivity contribution is 5.41. The quantitative estimate of drug-likeness (QED) is 0.716. The van der Waals surface area contributed by atoms with Crippen molar-refractivity contribution in [3.05, 3.63) is 12.4 Å². The molecule has 5 nitrogen and oxygen atoms in total. The zero-order chi connectivity index (χ0) is 14.0. The van der Waals surface area contributed by atoms with Crippen LogP contribution in [0.2, 0.25) is 0 Å². The summed E-state index contributed by atoms with van der Waals surface area (Å²) >= 11 is 0. The molecule has 0 saturated heterocycles. The predicted octanol–water partition coefficient (Wildman–Crippen LogP) is 3.06. The van der Waals surface area contributed by atoms with Crippen molar-refractivity contribution < 1.29 is 4.74 Å². The highest BCUT2D eigenvalue weighted by atomic mass is 16.5. The molecule has 2 rings (SSSR count). The summed E-state index contributed by atoms with van der Waals surface area (Å²) in [5, 5.41) is 6.49. The first kappa shape index (κ1) is 15.0. The van der Waals surface area contributed by atoms with E-state index in [1.807, 2.05) is 0 Å². The van der Waals surface area contributed by atoms with E-state index in [1.54, 1.807) is 12.4 Å². The van der Waals surface area contributed by atoms with Gasteiger partial charge in [-0.3, -0.25) is 4.98 Å². The smallest absolute Gasteiger partial charge is 0.147 e. The Morgan fingerprint density at radius 2 is 1.80 bits per heavy atom. The van der Waals surface area contributed by atoms with Crippen molar-refractivity contribution in [1.29, 1.82) is 0 Å². The van der Waals surface area contributed by atoms with E-state index in [-0.39, 0.29) is 0 Å². The number of nitrogens with one attached hydrogen (secondary N) is 2. The molecule has 0 radical (unpaired) electrons. The van der Waals surface area contributed by atoms with Gasteiger partial charge in [-0.25, -0.2) is 4.98 Å². The van der Waals surface area contributed by atoms with E-state index in [9.17, 15) is 0 Å². The van der Waals surface area contributed by atoms with Gasteiger partial charge in [0.25, 0.3) is 0 Å². The molecule has 0 amide bonds. The van der Waals surface area contributed by atoms with Crippen LogP contribution < -0.4 is 10.6 Å². The molecular weight excluding hydrogens is 252 g/mol. The Labute approximate surface area is 121 Å². The van der Waals surface area contributed by atoms with Crippen LogP contribution in [0.25, 0.3) is 0 Å². The number of anilines is 2. The summed E-state index contributed by atoms with van der Waals surface area (Å²) in [5.41, 5.74) is 0. The van der Waals surface area contributed by atoms with Gasteiger partial charge < -0.3 is 15.4 Å². The number of ether oxygens (including phenoxy) is 1. The summed E-state index contributed by atoms with van der Waals surface area (Å²) in [4.78, 5) is 8.63. The fourth-order valence-electron chi connectivity index (χ4n) is 2.43. The van der Waals surface area contributed by atoms with E-state index in [0.717, 1.165) is 37.8 Å². The van der Waals surface area contributed by atoms with Crippen molar-refractivity contribution in [2.24, 2.45) is 0 Å². The molecular formula is C15H26N4O. The second kappa shape index (κ2) is 8.74. The van der Waals surface area contributed by atoms with Crippen molar-refractivity contribution in [2.75, 3.05) is 30.3 Å². The van der Waals surface area contributed by atoms with Gasteiger partial charge in [0.15, 0.2) is 0 Å². The van der Waals surface area contributed by atoms with Crippen LogP contribution in [0, 0.1) is 0 Å². The minimum Gasteiger partial charge on any atom is -0.376 e. The van der Waals surface area contributed by atoms with Crippen LogP contribution in [0.4, 0.5) is 11.6 Å². The van der Waals surface area contributed by atoms with Crippen LogP contribution in [-0.4, -0.2) is 35.8 Å². The van der Waals surface area contributed by atoms with Gasteiger partial charge in [0, 0.05) is 13.1 Å². The van der Waals surface area contributed by atoms with E-state index in [0.29, 0.717) is 6.10 Å². The van der Waals surface area contributed by atoms with Crippen LogP contribution in [0.3, 0.4) is 0 Å². The van der Waals surface area contributed by atoms with E-state index in [1.165, 1.54) is 32.1 Å². The van der Waals surface area contributed by atoms with Crippen molar-refractivity contribution in [2.45, 2.75) is 51.6 Å². The van der Waals surface area contributed by atoms with Crippen LogP contribution in [-0.2, 0) is 4.74 Å². The van der Waals surface area contributed by atoms with Gasteiger partial charge in [-0.05, 0) is 19.3 Å². The minimum atomic E-state index is 0.467. The third-order valence-electron chi connectivity index (χ3n) is 3.50. The van der Waals surface area contributed by atoms with E-state index in [2.05, 4.69) is 27.5 Å². The Bertz CT molecular complexity index is 380. The van der Waals surface area contributed by atoms with Crippen molar-refractivity contribution in [3.63, 3.8) is 0 Å². The van der Waals surface area contributed by atoms with Gasteiger partial charge in [0.2, 0.25) is 0 Å². The van der Waals surface area contributed by atoms with Crippen molar-refractivity contribution >= 4 is 11.6 Å². The third-order valence-corrected chi connectivity index (χ3v) is 3.50. The summed E-state index contributed by atoms with van der Waals surface area (Å²) < 4.78 is 5.87. The maximum atomic E-state index is 5.87. The fraction of sp³-hybridized carbons (Fsp3) is 0.733. The van der Waals surface area contributed by atoms with Gasteiger partial charge in [-0.15, -0.1) is 0 Å². The summed E-state index contributed by atoms with van der Waals surface area (Å²) in [5.74, 6) is 1.63. The fourth-order valence-corrected chi connectivity index (χ4v) is 2.43. The summed E-state index contributed by atoms with van der Waals surface area (Å²) in [6.07, 6.45) is 11.5. The Hall–Kier alpha value is -1.36. The van der Waals surface area contributed by atoms with Crippen molar-refractivity contribution in [3.8, 4) is 0 Å². The lowest BCUT2D eigenvalue weighted by molar-refractivity contribution is 0.0347. The average molecular weight is 278 g/mol. The summed E-state index contributed by atoms with van der Waals surface area (Å²) in [6.45, 7) is 4.56. The molecule has 2 N–H and O–H groups in total. The lowest BCUT2D eigenvalue weighted by atomic mass is 9.98. The zero-order valence-electron chi connectivity index (χ0n) is 12.4. The standard InChI is InChI=1S/C15H26N4O/c1-2-8-17-14-11-16-12-15(19-14)18-9-10-20-13-6-4-3-5-7-13/h11-13H,2-10H2,1H3,(H2,17,18,19). The lowest BCUT2D eigenvalue weighted by Gasteiger charge is -2.22. The molecule has 1 fully saturated rings. The molecule has 1 heterocycles. The van der Waals surface area contributed by atoms with Crippen LogP contribution in [0.5, 0.6) is 0 Å². The Kier molecular flexibility index (Phi) is 6.57. The predicted molar refractivity (Wildman–Crippen MR) is 82.1 cm³/mol. The molecule has 0 spiro atoms. The molecule has 0 aliphatic heterocycles. The minimum absolute atomic E-state index is 0.467. The first-order chi connectivity index (χ1) is 9.88. The zero-order valence-corrected chi connectivity index (χ0v) is 12.4. The molecule has 0 aromatic carbocycles. The number of aromatic nitrogens is 2. The molecule has 1 aliphatic rings. The Morgan fingerprint density at radius 1 is 1.10 bits per heavy atom. The van der Waals surface area contributed by atoms with Crippen LogP contribution >= 0.6 is 0 Å². The number of rotatable bonds is 8.